The summed E-state index contributed by atoms with van der Waals surface area (Å²) in [4.78, 5) is 15.4. The molecule has 0 unspecified atom stereocenters. The van der Waals surface area contributed by atoms with E-state index < -0.39 is 0 Å². The quantitative estimate of drug-likeness (QED) is 0.382. The van der Waals surface area contributed by atoms with E-state index in [0.29, 0.717) is 5.56 Å². The van der Waals surface area contributed by atoms with Crippen LogP contribution in [0.25, 0.3) is 0 Å². The highest BCUT2D eigenvalue weighted by Crippen LogP contribution is 1.94. The summed E-state index contributed by atoms with van der Waals surface area (Å²) < 4.78 is 0. The van der Waals surface area contributed by atoms with E-state index in [4.69, 9.17) is 0 Å². The first kappa shape index (κ1) is 9.03. The first-order chi connectivity index (χ1) is 6.86. The Kier molecular flexibility index (Phi) is 2.65. The van der Waals surface area contributed by atoms with Crippen molar-refractivity contribution in [2.24, 2.45) is 0 Å². The van der Waals surface area contributed by atoms with E-state index in [1.807, 2.05) is 0 Å². The van der Waals surface area contributed by atoms with Crippen LogP contribution >= 0.6 is 0 Å². The molecule has 0 aromatic carbocycles. The molecule has 1 fully saturated rings. The lowest BCUT2D eigenvalue weighted by Crippen LogP contribution is -2.49. The normalized spacial score (nSPS) is 16.9. The minimum absolute atomic E-state index is 0.200. The van der Waals surface area contributed by atoms with Crippen molar-refractivity contribution in [1.29, 1.82) is 0 Å². The zero-order valence-corrected chi connectivity index (χ0v) is 7.24. The smallest absolute Gasteiger partial charge is 0.255 e. The average Bonchev–Trinajstić information content (AvgIpc) is 2.72. The maximum atomic E-state index is 11.5. The van der Waals surface area contributed by atoms with Gasteiger partial charge in [-0.25, -0.2) is 10.9 Å². The van der Waals surface area contributed by atoms with Crippen molar-refractivity contribution in [1.82, 2.24) is 32.2 Å². The van der Waals surface area contributed by atoms with Gasteiger partial charge in [0.25, 0.3) is 5.91 Å². The third-order valence-corrected chi connectivity index (χ3v) is 1.69. The number of nitrogens with one attached hydrogen (secondary N) is 5. The second-order valence-corrected chi connectivity index (χ2v) is 2.69. The highest BCUT2D eigenvalue weighted by Gasteiger charge is 2.15. The average molecular weight is 194 g/mol. The van der Waals surface area contributed by atoms with Gasteiger partial charge < -0.3 is 5.32 Å². The molecule has 1 aromatic rings. The molecular weight excluding hydrogens is 184 g/mol. The van der Waals surface area contributed by atoms with Crippen molar-refractivity contribution < 1.29 is 4.79 Å². The van der Waals surface area contributed by atoms with E-state index in [2.05, 4.69) is 32.2 Å². The molecule has 7 nitrogen and oxygen atoms in total. The van der Waals surface area contributed by atoms with Crippen LogP contribution in [0.1, 0.15) is 10.4 Å². The van der Waals surface area contributed by atoms with Crippen molar-refractivity contribution >= 4 is 5.91 Å². The minimum Gasteiger partial charge on any atom is -0.322 e. The van der Waals surface area contributed by atoms with Crippen LogP contribution in [0.5, 0.6) is 0 Å². The standard InChI is InChI=1S/C7H10N6O/c14-6(5-2-1-3-8-4-5)9-7-10-12-13-11-7/h1-4,7,10-13H,(H,9,14). The lowest BCUT2D eigenvalue weighted by Gasteiger charge is -2.10. The molecule has 1 aliphatic rings. The Morgan fingerprint density at radius 1 is 1.43 bits per heavy atom. The van der Waals surface area contributed by atoms with Crippen LogP contribution in [-0.2, 0) is 0 Å². The molecular formula is C7H10N6O. The van der Waals surface area contributed by atoms with Gasteiger partial charge in [0.15, 0.2) is 6.29 Å². The van der Waals surface area contributed by atoms with Crippen molar-refractivity contribution in [3.05, 3.63) is 30.1 Å². The molecule has 0 atom stereocenters. The number of pyridine rings is 1. The zero-order chi connectivity index (χ0) is 9.80. The number of nitrogens with zero attached hydrogens (tertiary/aromatic N) is 1. The molecule has 14 heavy (non-hydrogen) atoms. The molecule has 5 N–H and O–H groups in total. The SMILES string of the molecule is O=C(NC1NNNN1)c1cccnc1. The predicted octanol–water partition coefficient (Wildman–Crippen LogP) is -1.79. The Morgan fingerprint density at radius 2 is 2.21 bits per heavy atom. The van der Waals surface area contributed by atoms with E-state index in [1.165, 1.54) is 6.20 Å². The van der Waals surface area contributed by atoms with Crippen molar-refractivity contribution in [2.45, 2.75) is 6.29 Å². The van der Waals surface area contributed by atoms with Gasteiger partial charge in [0.1, 0.15) is 0 Å². The molecule has 0 aliphatic carbocycles. The first-order valence-electron chi connectivity index (χ1n) is 4.08. The number of carbonyl (C=O) groups excluding carboxylic acids is 1. The number of aromatic nitrogens is 1. The summed E-state index contributed by atoms with van der Waals surface area (Å²) in [6.07, 6.45) is 2.78. The van der Waals surface area contributed by atoms with E-state index in [9.17, 15) is 4.79 Å². The van der Waals surface area contributed by atoms with E-state index >= 15 is 0 Å². The predicted molar refractivity (Wildman–Crippen MR) is 48.0 cm³/mol. The fraction of sp³-hybridized carbons (Fsp3) is 0.143. The maximum Gasteiger partial charge on any atom is 0.255 e. The molecule has 1 aliphatic heterocycles. The van der Waals surface area contributed by atoms with Crippen LogP contribution in [0.15, 0.2) is 24.5 Å². The molecule has 0 bridgehead atoms. The molecule has 74 valence electrons. The topological polar surface area (TPSA) is 90.1 Å². The Morgan fingerprint density at radius 3 is 2.86 bits per heavy atom. The summed E-state index contributed by atoms with van der Waals surface area (Å²) in [5, 5.41) is 2.67. The lowest BCUT2D eigenvalue weighted by molar-refractivity contribution is 0.0926. The summed E-state index contributed by atoms with van der Waals surface area (Å²) in [5.74, 6) is -0.200. The molecule has 0 spiro atoms. The minimum atomic E-state index is -0.345. The van der Waals surface area contributed by atoms with Gasteiger partial charge in [0.05, 0.1) is 5.56 Å². The van der Waals surface area contributed by atoms with Gasteiger partial charge in [0.2, 0.25) is 0 Å². The molecule has 1 aromatic heterocycles. The van der Waals surface area contributed by atoms with Gasteiger partial charge in [0, 0.05) is 12.4 Å². The number of rotatable bonds is 2. The number of hydrogen-bond acceptors (Lipinski definition) is 6. The van der Waals surface area contributed by atoms with Gasteiger partial charge in [-0.15, -0.1) is 0 Å². The molecule has 1 saturated heterocycles. The van der Waals surface area contributed by atoms with Gasteiger partial charge in [-0.1, -0.05) is 0 Å². The van der Waals surface area contributed by atoms with Gasteiger partial charge >= 0.3 is 0 Å². The second kappa shape index (κ2) is 4.11. The number of hydrazine groups is 3. The third-order valence-electron chi connectivity index (χ3n) is 1.69. The van der Waals surface area contributed by atoms with Crippen LogP contribution in [0, 0.1) is 0 Å². The Bertz CT molecular complexity index is 309. The highest BCUT2D eigenvalue weighted by molar-refractivity contribution is 5.93. The number of hydrogen-bond donors (Lipinski definition) is 5. The monoisotopic (exact) mass is 194 g/mol. The van der Waals surface area contributed by atoms with Crippen molar-refractivity contribution in [3.63, 3.8) is 0 Å². The van der Waals surface area contributed by atoms with E-state index in [0.717, 1.165) is 0 Å². The first-order valence-corrected chi connectivity index (χ1v) is 4.08. The van der Waals surface area contributed by atoms with Crippen LogP contribution < -0.4 is 27.2 Å². The molecule has 7 heteroatoms. The summed E-state index contributed by atoms with van der Waals surface area (Å²) in [5.41, 5.74) is 11.2. The van der Waals surface area contributed by atoms with Crippen LogP contribution in [0.2, 0.25) is 0 Å². The molecule has 2 rings (SSSR count). The molecule has 1 amide bonds. The van der Waals surface area contributed by atoms with E-state index in [-0.39, 0.29) is 12.2 Å². The van der Waals surface area contributed by atoms with Crippen LogP contribution in [0.4, 0.5) is 0 Å². The number of carbonyl (C=O) groups is 1. The van der Waals surface area contributed by atoms with Gasteiger partial charge in [-0.05, 0) is 12.1 Å². The third kappa shape index (κ3) is 2.03. The van der Waals surface area contributed by atoms with Crippen LogP contribution in [0.3, 0.4) is 0 Å². The summed E-state index contributed by atoms with van der Waals surface area (Å²) >= 11 is 0. The number of amides is 1. The summed E-state index contributed by atoms with van der Waals surface area (Å²) in [7, 11) is 0. The molecule has 0 saturated carbocycles. The Balaban J connectivity index is 1.95. The molecule has 2 heterocycles. The Hall–Kier alpha value is -1.54. The van der Waals surface area contributed by atoms with Crippen molar-refractivity contribution in [2.75, 3.05) is 0 Å². The molecule has 0 radical (unpaired) electrons. The van der Waals surface area contributed by atoms with Crippen LogP contribution in [-0.4, -0.2) is 17.2 Å². The zero-order valence-electron chi connectivity index (χ0n) is 7.24. The van der Waals surface area contributed by atoms with Gasteiger partial charge in [-0.3, -0.25) is 9.78 Å². The maximum absolute atomic E-state index is 11.5. The summed E-state index contributed by atoms with van der Waals surface area (Å²) in [6.45, 7) is 0. The van der Waals surface area contributed by atoms with Gasteiger partial charge in [-0.2, -0.15) is 11.1 Å². The Labute approximate surface area is 80.2 Å². The van der Waals surface area contributed by atoms with E-state index in [1.54, 1.807) is 18.3 Å². The summed E-state index contributed by atoms with van der Waals surface area (Å²) in [6, 6.07) is 3.40. The fourth-order valence-corrected chi connectivity index (χ4v) is 1.04. The second-order valence-electron chi connectivity index (χ2n) is 2.69. The van der Waals surface area contributed by atoms with Crippen molar-refractivity contribution in [3.8, 4) is 0 Å². The fourth-order valence-electron chi connectivity index (χ4n) is 1.04. The lowest BCUT2D eigenvalue weighted by atomic mass is 10.3. The highest BCUT2D eigenvalue weighted by atomic mass is 16.2. The largest absolute Gasteiger partial charge is 0.322 e.